The highest BCUT2D eigenvalue weighted by Crippen LogP contribution is 2.40. The Morgan fingerprint density at radius 1 is 1.44 bits per heavy atom. The van der Waals surface area contributed by atoms with Gasteiger partial charge in [0, 0.05) is 26.2 Å². The number of rotatable bonds is 6. The minimum absolute atomic E-state index is 0.325. The van der Waals surface area contributed by atoms with E-state index in [0.717, 1.165) is 26.2 Å². The first kappa shape index (κ1) is 13.9. The van der Waals surface area contributed by atoms with Gasteiger partial charge in [0.1, 0.15) is 0 Å². The molecule has 0 aromatic heterocycles. The first-order valence-corrected chi connectivity index (χ1v) is 6.48. The van der Waals surface area contributed by atoms with Gasteiger partial charge < -0.3 is 15.4 Å². The van der Waals surface area contributed by atoms with Crippen LogP contribution in [-0.4, -0.2) is 44.3 Å². The highest BCUT2D eigenvalue weighted by molar-refractivity contribution is 4.95. The monoisotopic (exact) mass is 228 g/mol. The van der Waals surface area contributed by atoms with Crippen molar-refractivity contribution in [3.8, 4) is 0 Å². The molecule has 3 nitrogen and oxygen atoms in total. The molecule has 0 amide bonds. The zero-order valence-electron chi connectivity index (χ0n) is 11.3. The summed E-state index contributed by atoms with van der Waals surface area (Å²) in [7, 11) is 1.76. The summed E-state index contributed by atoms with van der Waals surface area (Å²) in [4.78, 5) is 2.45. The van der Waals surface area contributed by atoms with Crippen molar-refractivity contribution in [1.29, 1.82) is 0 Å². The molecule has 0 heterocycles. The second-order valence-corrected chi connectivity index (χ2v) is 5.70. The van der Waals surface area contributed by atoms with Crippen LogP contribution in [-0.2, 0) is 4.74 Å². The van der Waals surface area contributed by atoms with Crippen molar-refractivity contribution < 1.29 is 4.74 Å². The molecule has 0 spiro atoms. The van der Waals surface area contributed by atoms with Crippen LogP contribution in [0.15, 0.2) is 0 Å². The Morgan fingerprint density at radius 3 is 2.56 bits per heavy atom. The van der Waals surface area contributed by atoms with Crippen molar-refractivity contribution >= 4 is 0 Å². The summed E-state index contributed by atoms with van der Waals surface area (Å²) in [5.41, 5.74) is 6.66. The average molecular weight is 228 g/mol. The predicted molar refractivity (Wildman–Crippen MR) is 68.5 cm³/mol. The molecule has 1 saturated carbocycles. The number of hydrogen-bond donors (Lipinski definition) is 1. The lowest BCUT2D eigenvalue weighted by molar-refractivity contribution is 0.135. The van der Waals surface area contributed by atoms with Gasteiger partial charge in [-0.2, -0.15) is 0 Å². The van der Waals surface area contributed by atoms with Gasteiger partial charge >= 0.3 is 0 Å². The quantitative estimate of drug-likeness (QED) is 0.752. The Kier molecular flexibility index (Phi) is 5.22. The smallest absolute Gasteiger partial charge is 0.0589 e. The van der Waals surface area contributed by atoms with Gasteiger partial charge in [-0.25, -0.2) is 0 Å². The minimum Gasteiger partial charge on any atom is -0.383 e. The molecule has 1 aliphatic rings. The van der Waals surface area contributed by atoms with E-state index in [1.54, 1.807) is 7.11 Å². The molecule has 0 bridgehead atoms. The molecular formula is C13H28N2O. The summed E-state index contributed by atoms with van der Waals surface area (Å²) in [6.45, 7) is 10.9. The van der Waals surface area contributed by atoms with E-state index in [1.165, 1.54) is 12.8 Å². The third-order valence-corrected chi connectivity index (χ3v) is 4.12. The van der Waals surface area contributed by atoms with Gasteiger partial charge in [0.15, 0.2) is 0 Å². The number of likely N-dealkylation sites (N-methyl/N-ethyl adjacent to an activating group) is 1. The molecule has 0 radical (unpaired) electrons. The first-order valence-electron chi connectivity index (χ1n) is 6.48. The fourth-order valence-corrected chi connectivity index (χ4v) is 2.68. The molecule has 2 atom stereocenters. The van der Waals surface area contributed by atoms with Crippen molar-refractivity contribution in [2.45, 2.75) is 39.7 Å². The molecule has 3 heteroatoms. The topological polar surface area (TPSA) is 38.5 Å². The predicted octanol–water partition coefficient (Wildman–Crippen LogP) is 1.72. The van der Waals surface area contributed by atoms with E-state index in [0.29, 0.717) is 17.4 Å². The van der Waals surface area contributed by atoms with E-state index in [1.807, 2.05) is 0 Å². The van der Waals surface area contributed by atoms with Crippen molar-refractivity contribution in [3.05, 3.63) is 0 Å². The van der Waals surface area contributed by atoms with Gasteiger partial charge in [-0.05, 0) is 30.7 Å². The summed E-state index contributed by atoms with van der Waals surface area (Å²) in [5, 5.41) is 0. The molecule has 1 aliphatic carbocycles. The van der Waals surface area contributed by atoms with Crippen LogP contribution in [0, 0.1) is 11.3 Å². The van der Waals surface area contributed by atoms with Crippen molar-refractivity contribution in [1.82, 2.24) is 4.90 Å². The molecule has 1 rings (SSSR count). The fourth-order valence-electron chi connectivity index (χ4n) is 2.68. The van der Waals surface area contributed by atoms with E-state index in [-0.39, 0.29) is 0 Å². The molecule has 0 aliphatic heterocycles. The van der Waals surface area contributed by atoms with Gasteiger partial charge in [0.25, 0.3) is 0 Å². The van der Waals surface area contributed by atoms with Crippen LogP contribution in [0.2, 0.25) is 0 Å². The van der Waals surface area contributed by atoms with Crippen molar-refractivity contribution in [2.75, 3.05) is 33.4 Å². The van der Waals surface area contributed by atoms with Crippen LogP contribution in [0.1, 0.15) is 33.6 Å². The summed E-state index contributed by atoms with van der Waals surface area (Å²) in [6, 6.07) is 0.351. The summed E-state index contributed by atoms with van der Waals surface area (Å²) in [5.74, 6) is 0.659. The van der Waals surface area contributed by atoms with Gasteiger partial charge in [-0.15, -0.1) is 0 Å². The van der Waals surface area contributed by atoms with Crippen LogP contribution in [0.4, 0.5) is 0 Å². The summed E-state index contributed by atoms with van der Waals surface area (Å²) < 4.78 is 5.13. The van der Waals surface area contributed by atoms with Gasteiger partial charge in [-0.3, -0.25) is 0 Å². The van der Waals surface area contributed by atoms with E-state index in [9.17, 15) is 0 Å². The maximum Gasteiger partial charge on any atom is 0.0589 e. The van der Waals surface area contributed by atoms with Crippen LogP contribution in [0.3, 0.4) is 0 Å². The number of nitrogens with two attached hydrogens (primary N) is 1. The van der Waals surface area contributed by atoms with Crippen LogP contribution < -0.4 is 5.73 Å². The van der Waals surface area contributed by atoms with Gasteiger partial charge in [0.2, 0.25) is 0 Å². The van der Waals surface area contributed by atoms with E-state index < -0.39 is 0 Å². The Bertz CT molecular complexity index is 206. The lowest BCUT2D eigenvalue weighted by atomic mass is 9.85. The van der Waals surface area contributed by atoms with Crippen LogP contribution in [0.25, 0.3) is 0 Å². The van der Waals surface area contributed by atoms with Crippen LogP contribution >= 0.6 is 0 Å². The normalized spacial score (nSPS) is 28.9. The second-order valence-electron chi connectivity index (χ2n) is 5.70. The SMILES string of the molecule is CCN(CCOC)CC1CCC(C)(C)C1N. The maximum absolute atomic E-state index is 6.33. The molecular weight excluding hydrogens is 200 g/mol. The lowest BCUT2D eigenvalue weighted by Gasteiger charge is -2.30. The molecule has 2 unspecified atom stereocenters. The summed E-state index contributed by atoms with van der Waals surface area (Å²) in [6.07, 6.45) is 2.54. The standard InChI is InChI=1S/C13H28N2O/c1-5-15(8-9-16-4)10-11-6-7-13(2,3)12(11)14/h11-12H,5-10,14H2,1-4H3. The largest absolute Gasteiger partial charge is 0.383 e. The zero-order valence-corrected chi connectivity index (χ0v) is 11.3. The van der Waals surface area contributed by atoms with E-state index >= 15 is 0 Å². The maximum atomic E-state index is 6.33. The molecule has 2 N–H and O–H groups in total. The average Bonchev–Trinajstić information content (AvgIpc) is 2.50. The van der Waals surface area contributed by atoms with Gasteiger partial charge in [0.05, 0.1) is 6.61 Å². The van der Waals surface area contributed by atoms with Crippen LogP contribution in [0.5, 0.6) is 0 Å². The third kappa shape index (κ3) is 3.44. The highest BCUT2D eigenvalue weighted by atomic mass is 16.5. The Morgan fingerprint density at radius 2 is 2.12 bits per heavy atom. The lowest BCUT2D eigenvalue weighted by Crippen LogP contribution is -2.42. The van der Waals surface area contributed by atoms with E-state index in [2.05, 4.69) is 25.7 Å². The minimum atomic E-state index is 0.325. The Hall–Kier alpha value is -0.120. The second kappa shape index (κ2) is 5.99. The highest BCUT2D eigenvalue weighted by Gasteiger charge is 2.39. The number of ether oxygens (including phenoxy) is 1. The molecule has 0 saturated heterocycles. The molecule has 0 aromatic rings. The summed E-state index contributed by atoms with van der Waals surface area (Å²) >= 11 is 0. The van der Waals surface area contributed by atoms with Gasteiger partial charge in [-0.1, -0.05) is 20.8 Å². The Balaban J connectivity index is 2.41. The third-order valence-electron chi connectivity index (χ3n) is 4.12. The molecule has 1 fully saturated rings. The first-order chi connectivity index (χ1) is 7.51. The fraction of sp³-hybridized carbons (Fsp3) is 1.00. The number of nitrogens with zero attached hydrogens (tertiary/aromatic N) is 1. The molecule has 96 valence electrons. The van der Waals surface area contributed by atoms with Crippen molar-refractivity contribution in [3.63, 3.8) is 0 Å². The Labute approximate surface area is 100 Å². The van der Waals surface area contributed by atoms with E-state index in [4.69, 9.17) is 10.5 Å². The zero-order chi connectivity index (χ0) is 12.2. The number of methoxy groups -OCH3 is 1. The molecule has 0 aromatic carbocycles. The number of hydrogen-bond acceptors (Lipinski definition) is 3. The molecule has 16 heavy (non-hydrogen) atoms. The van der Waals surface area contributed by atoms with Crippen molar-refractivity contribution in [2.24, 2.45) is 17.1 Å².